The van der Waals surface area contributed by atoms with Crippen molar-refractivity contribution in [2.75, 3.05) is 13.1 Å². The van der Waals surface area contributed by atoms with Crippen LogP contribution in [0.25, 0.3) is 5.65 Å². The monoisotopic (exact) mass is 414 g/mol. The van der Waals surface area contributed by atoms with Crippen molar-refractivity contribution in [2.45, 2.75) is 31.9 Å². The molecule has 0 N–H and O–H groups in total. The third-order valence-electron chi connectivity index (χ3n) is 6.42. The minimum absolute atomic E-state index is 0.113. The van der Waals surface area contributed by atoms with Crippen LogP contribution < -0.4 is 0 Å². The first-order valence-electron chi connectivity index (χ1n) is 10.1. The molecule has 0 radical (unpaired) electrons. The maximum Gasteiger partial charge on any atom is 0.416 e. The fourth-order valence-corrected chi connectivity index (χ4v) is 5.07. The number of aromatic nitrogens is 3. The number of benzene rings is 1. The van der Waals surface area contributed by atoms with E-state index >= 15 is 0 Å². The van der Waals surface area contributed by atoms with Crippen LogP contribution in [0.15, 0.2) is 42.6 Å². The molecule has 0 bridgehead atoms. The summed E-state index contributed by atoms with van der Waals surface area (Å²) in [6.45, 7) is 3.00. The molecule has 156 valence electrons. The minimum atomic E-state index is -4.34. The Labute approximate surface area is 171 Å². The predicted molar refractivity (Wildman–Crippen MR) is 104 cm³/mol. The summed E-state index contributed by atoms with van der Waals surface area (Å²) < 4.78 is 41.8. The molecule has 30 heavy (non-hydrogen) atoms. The zero-order valence-corrected chi connectivity index (χ0v) is 16.4. The van der Waals surface area contributed by atoms with Crippen molar-refractivity contribution in [3.63, 3.8) is 0 Å². The average Bonchev–Trinajstić information content (AvgIpc) is 3.39. The van der Waals surface area contributed by atoms with E-state index in [1.165, 1.54) is 12.1 Å². The second-order valence-corrected chi connectivity index (χ2v) is 8.39. The quantitative estimate of drug-likeness (QED) is 0.628. The van der Waals surface area contributed by atoms with E-state index in [1.807, 2.05) is 19.1 Å². The van der Waals surface area contributed by atoms with Crippen LogP contribution in [0.4, 0.5) is 13.2 Å². The molecule has 1 saturated carbocycles. The minimum Gasteiger partial charge on any atom is -0.337 e. The predicted octanol–water partition coefficient (Wildman–Crippen LogP) is 4.32. The number of rotatable bonds is 2. The number of aryl methyl sites for hydroxylation is 1. The van der Waals surface area contributed by atoms with Gasteiger partial charge in [-0.25, -0.2) is 9.50 Å². The van der Waals surface area contributed by atoms with Gasteiger partial charge in [0.2, 0.25) is 0 Å². The Morgan fingerprint density at radius 1 is 1.07 bits per heavy atom. The van der Waals surface area contributed by atoms with Gasteiger partial charge in [-0.15, -0.1) is 0 Å². The molecule has 1 saturated heterocycles. The van der Waals surface area contributed by atoms with Gasteiger partial charge in [-0.05, 0) is 61.3 Å². The third-order valence-corrected chi connectivity index (χ3v) is 6.42. The summed E-state index contributed by atoms with van der Waals surface area (Å²) in [5.41, 5.74) is 1.66. The van der Waals surface area contributed by atoms with Crippen molar-refractivity contribution in [1.82, 2.24) is 19.5 Å². The lowest BCUT2D eigenvalue weighted by atomic mass is 9.91. The number of carbonyl (C=O) groups is 1. The summed E-state index contributed by atoms with van der Waals surface area (Å²) in [6, 6.07) is 9.54. The van der Waals surface area contributed by atoms with Gasteiger partial charge in [0.15, 0.2) is 5.65 Å². The first kappa shape index (κ1) is 19.1. The van der Waals surface area contributed by atoms with Crippen LogP contribution in [0.3, 0.4) is 0 Å². The second kappa shape index (κ2) is 6.82. The van der Waals surface area contributed by atoms with Gasteiger partial charge < -0.3 is 4.90 Å². The number of likely N-dealkylation sites (tertiary alicyclic amines) is 1. The first-order chi connectivity index (χ1) is 14.3. The molecule has 2 aromatic heterocycles. The highest BCUT2D eigenvalue weighted by atomic mass is 19.4. The molecule has 5 rings (SSSR count). The van der Waals surface area contributed by atoms with E-state index in [2.05, 4.69) is 10.1 Å². The Morgan fingerprint density at radius 3 is 2.47 bits per heavy atom. The van der Waals surface area contributed by atoms with Crippen LogP contribution in [0.1, 0.15) is 46.1 Å². The van der Waals surface area contributed by atoms with Gasteiger partial charge in [0.1, 0.15) is 5.69 Å². The highest BCUT2D eigenvalue weighted by Gasteiger charge is 2.45. The SMILES string of the molecule is Cc1ccc2nc(C(=O)N3CC4CC(c5ccccc5C(F)(F)F)C[C@H]4C3)cn2n1. The third kappa shape index (κ3) is 3.24. The Morgan fingerprint density at radius 2 is 1.77 bits per heavy atom. The second-order valence-electron chi connectivity index (χ2n) is 8.39. The van der Waals surface area contributed by atoms with Crippen molar-refractivity contribution in [3.05, 3.63) is 65.1 Å². The van der Waals surface area contributed by atoms with E-state index in [0.29, 0.717) is 42.8 Å². The summed E-state index contributed by atoms with van der Waals surface area (Å²) in [5, 5.41) is 4.33. The number of nitrogens with zero attached hydrogens (tertiary/aromatic N) is 4. The normalized spacial score (nSPS) is 23.9. The number of fused-ring (bicyclic) bond motifs is 2. The molecule has 1 aliphatic heterocycles. The van der Waals surface area contributed by atoms with Crippen molar-refractivity contribution < 1.29 is 18.0 Å². The van der Waals surface area contributed by atoms with Gasteiger partial charge in [-0.1, -0.05) is 18.2 Å². The average molecular weight is 414 g/mol. The summed E-state index contributed by atoms with van der Waals surface area (Å²) in [4.78, 5) is 19.1. The highest BCUT2D eigenvalue weighted by molar-refractivity contribution is 5.93. The molecule has 1 amide bonds. The fourth-order valence-electron chi connectivity index (χ4n) is 5.07. The molecular weight excluding hydrogens is 393 g/mol. The summed E-state index contributed by atoms with van der Waals surface area (Å²) in [5.74, 6) is 0.188. The van der Waals surface area contributed by atoms with Crippen LogP contribution >= 0.6 is 0 Å². The maximum atomic E-state index is 13.4. The van der Waals surface area contributed by atoms with Crippen LogP contribution in [0.2, 0.25) is 0 Å². The molecule has 2 unspecified atom stereocenters. The molecule has 5 nitrogen and oxygen atoms in total. The van der Waals surface area contributed by atoms with Gasteiger partial charge >= 0.3 is 6.18 Å². The molecule has 3 heterocycles. The molecule has 1 aliphatic carbocycles. The molecule has 2 aliphatic rings. The Balaban J connectivity index is 1.31. The molecular formula is C22H21F3N4O. The van der Waals surface area contributed by atoms with E-state index in [9.17, 15) is 18.0 Å². The van der Waals surface area contributed by atoms with E-state index in [1.54, 1.807) is 27.7 Å². The van der Waals surface area contributed by atoms with Gasteiger partial charge in [-0.2, -0.15) is 18.3 Å². The number of hydrogen-bond donors (Lipinski definition) is 0. The zero-order valence-electron chi connectivity index (χ0n) is 16.4. The summed E-state index contributed by atoms with van der Waals surface area (Å²) >= 11 is 0. The van der Waals surface area contributed by atoms with Crippen LogP contribution in [-0.2, 0) is 6.18 Å². The van der Waals surface area contributed by atoms with Crippen molar-refractivity contribution in [2.24, 2.45) is 11.8 Å². The topological polar surface area (TPSA) is 50.5 Å². The standard InChI is InChI=1S/C22H21F3N4O/c1-13-6-7-20-26-19(12-29(20)27-13)21(30)28-10-15-8-14(9-16(15)11-28)17-4-2-3-5-18(17)22(23,24)25/h2-7,12,14-16H,8-11H2,1H3/t14?,15-,16?/m0/s1. The lowest BCUT2D eigenvalue weighted by Crippen LogP contribution is -2.30. The lowest BCUT2D eigenvalue weighted by Gasteiger charge is -2.21. The van der Waals surface area contributed by atoms with E-state index < -0.39 is 11.7 Å². The molecule has 8 heteroatoms. The van der Waals surface area contributed by atoms with Crippen LogP contribution in [0, 0.1) is 18.8 Å². The maximum absolute atomic E-state index is 13.4. The van der Waals surface area contributed by atoms with Gasteiger partial charge in [0, 0.05) is 13.1 Å². The first-order valence-corrected chi connectivity index (χ1v) is 10.1. The number of amides is 1. The molecule has 3 atom stereocenters. The zero-order chi connectivity index (χ0) is 21.0. The van der Waals surface area contributed by atoms with E-state index in [-0.39, 0.29) is 23.7 Å². The Bertz CT molecular complexity index is 1110. The molecule has 3 aromatic rings. The summed E-state index contributed by atoms with van der Waals surface area (Å²) in [7, 11) is 0. The largest absolute Gasteiger partial charge is 0.416 e. The molecule has 1 aromatic carbocycles. The van der Waals surface area contributed by atoms with E-state index in [0.717, 1.165) is 5.69 Å². The van der Waals surface area contributed by atoms with E-state index in [4.69, 9.17) is 0 Å². The molecule has 0 spiro atoms. The smallest absolute Gasteiger partial charge is 0.337 e. The fraction of sp³-hybridized carbons (Fsp3) is 0.409. The van der Waals surface area contributed by atoms with Crippen LogP contribution in [-0.4, -0.2) is 38.5 Å². The number of imidazole rings is 1. The molecule has 2 fully saturated rings. The van der Waals surface area contributed by atoms with Gasteiger partial charge in [0.05, 0.1) is 17.5 Å². The van der Waals surface area contributed by atoms with Gasteiger partial charge in [0.25, 0.3) is 5.91 Å². The summed E-state index contributed by atoms with van der Waals surface area (Å²) in [6.07, 6.45) is -1.35. The Hall–Kier alpha value is -2.90. The number of alkyl halides is 3. The van der Waals surface area contributed by atoms with Crippen LogP contribution in [0.5, 0.6) is 0 Å². The van der Waals surface area contributed by atoms with Gasteiger partial charge in [-0.3, -0.25) is 4.79 Å². The Kier molecular flexibility index (Phi) is 4.34. The highest BCUT2D eigenvalue weighted by Crippen LogP contribution is 2.49. The van der Waals surface area contributed by atoms with Crippen molar-refractivity contribution in [3.8, 4) is 0 Å². The number of hydrogen-bond acceptors (Lipinski definition) is 3. The van der Waals surface area contributed by atoms with Crippen molar-refractivity contribution >= 4 is 11.6 Å². The van der Waals surface area contributed by atoms with Crippen molar-refractivity contribution in [1.29, 1.82) is 0 Å². The number of carbonyl (C=O) groups excluding carboxylic acids is 1. The number of halogens is 3. The lowest BCUT2D eigenvalue weighted by molar-refractivity contribution is -0.138.